The number of benzene rings is 1. The number of ether oxygens (including phenoxy) is 1. The predicted molar refractivity (Wildman–Crippen MR) is 51.5 cm³/mol. The molecule has 2 nitrogen and oxygen atoms in total. The molecule has 0 radical (unpaired) electrons. The molecule has 0 N–H and O–H groups in total. The Morgan fingerprint density at radius 3 is 2.86 bits per heavy atom. The van der Waals surface area contributed by atoms with E-state index in [0.29, 0.717) is 6.42 Å². The average Bonchev–Trinajstić information content (AvgIpc) is 2.19. The second-order valence-corrected chi connectivity index (χ2v) is 3.08. The molecule has 3 heteroatoms. The van der Waals surface area contributed by atoms with Crippen molar-refractivity contribution in [3.8, 4) is 11.8 Å². The van der Waals surface area contributed by atoms with E-state index in [-0.39, 0.29) is 5.75 Å². The maximum atomic E-state index is 13.2. The summed E-state index contributed by atoms with van der Waals surface area (Å²) in [6.45, 7) is 3.67. The zero-order valence-corrected chi connectivity index (χ0v) is 8.25. The third kappa shape index (κ3) is 2.46. The molecule has 0 aliphatic carbocycles. The van der Waals surface area contributed by atoms with E-state index in [0.717, 1.165) is 5.56 Å². The Bertz CT molecular complexity index is 357. The lowest BCUT2D eigenvalue weighted by atomic mass is 10.2. The van der Waals surface area contributed by atoms with Crippen LogP contribution in [0.1, 0.15) is 18.9 Å². The predicted octanol–water partition coefficient (Wildman–Crippen LogP) is 2.82. The van der Waals surface area contributed by atoms with Crippen molar-refractivity contribution in [1.29, 1.82) is 5.26 Å². The van der Waals surface area contributed by atoms with Crippen molar-refractivity contribution in [2.45, 2.75) is 26.4 Å². The van der Waals surface area contributed by atoms with Crippen molar-refractivity contribution in [3.05, 3.63) is 29.6 Å². The van der Waals surface area contributed by atoms with Gasteiger partial charge in [0, 0.05) is 0 Å². The molecule has 0 aliphatic heterocycles. The standard InChI is InChI=1S/C11H12FNO/c1-3-9(7-13)14-11-6-8(2)4-5-10(11)12/h4-6,9H,3H2,1-2H3. The van der Waals surface area contributed by atoms with E-state index in [4.69, 9.17) is 10.00 Å². The van der Waals surface area contributed by atoms with Gasteiger partial charge in [-0.25, -0.2) is 4.39 Å². The molecule has 74 valence electrons. The van der Waals surface area contributed by atoms with Gasteiger partial charge >= 0.3 is 0 Å². The Morgan fingerprint density at radius 2 is 2.29 bits per heavy atom. The topological polar surface area (TPSA) is 33.0 Å². The maximum absolute atomic E-state index is 13.2. The molecule has 1 aromatic rings. The van der Waals surface area contributed by atoms with E-state index >= 15 is 0 Å². The van der Waals surface area contributed by atoms with E-state index in [9.17, 15) is 4.39 Å². The Labute approximate surface area is 82.9 Å². The van der Waals surface area contributed by atoms with Crippen molar-refractivity contribution in [3.63, 3.8) is 0 Å². The van der Waals surface area contributed by atoms with Gasteiger partial charge in [0.2, 0.25) is 0 Å². The van der Waals surface area contributed by atoms with Crippen molar-refractivity contribution in [2.75, 3.05) is 0 Å². The first-order chi connectivity index (χ1) is 6.67. The van der Waals surface area contributed by atoms with E-state index < -0.39 is 11.9 Å². The minimum Gasteiger partial charge on any atom is -0.473 e. The van der Waals surface area contributed by atoms with Crippen LogP contribution in [0.4, 0.5) is 4.39 Å². The molecule has 1 rings (SSSR count). The molecule has 1 atom stereocenters. The van der Waals surface area contributed by atoms with Gasteiger partial charge in [0.05, 0.1) is 0 Å². The molecule has 0 fully saturated rings. The highest BCUT2D eigenvalue weighted by Crippen LogP contribution is 2.20. The van der Waals surface area contributed by atoms with Gasteiger partial charge in [0.25, 0.3) is 0 Å². The monoisotopic (exact) mass is 193 g/mol. The van der Waals surface area contributed by atoms with Crippen LogP contribution in [0.2, 0.25) is 0 Å². The zero-order valence-electron chi connectivity index (χ0n) is 8.25. The van der Waals surface area contributed by atoms with E-state index in [1.54, 1.807) is 12.1 Å². The highest BCUT2D eigenvalue weighted by atomic mass is 19.1. The molecule has 1 aromatic carbocycles. The zero-order chi connectivity index (χ0) is 10.6. The second-order valence-electron chi connectivity index (χ2n) is 3.08. The third-order valence-corrected chi connectivity index (χ3v) is 1.87. The van der Waals surface area contributed by atoms with Crippen LogP contribution in [0.15, 0.2) is 18.2 Å². The van der Waals surface area contributed by atoms with Gasteiger partial charge in [-0.05, 0) is 31.0 Å². The fourth-order valence-electron chi connectivity index (χ4n) is 1.06. The van der Waals surface area contributed by atoms with E-state index in [1.807, 2.05) is 19.9 Å². The van der Waals surface area contributed by atoms with Crippen LogP contribution in [0, 0.1) is 24.1 Å². The summed E-state index contributed by atoms with van der Waals surface area (Å²) < 4.78 is 18.4. The average molecular weight is 193 g/mol. The Balaban J connectivity index is 2.86. The number of halogens is 1. The summed E-state index contributed by atoms with van der Waals surface area (Å²) in [7, 11) is 0. The summed E-state index contributed by atoms with van der Waals surface area (Å²) in [6.07, 6.45) is -0.0320. The molecular formula is C11H12FNO. The third-order valence-electron chi connectivity index (χ3n) is 1.87. The first-order valence-electron chi connectivity index (χ1n) is 4.49. The number of nitriles is 1. The van der Waals surface area contributed by atoms with Gasteiger partial charge in [0.15, 0.2) is 17.7 Å². The second kappa shape index (κ2) is 4.61. The number of rotatable bonds is 3. The Morgan fingerprint density at radius 1 is 1.57 bits per heavy atom. The molecule has 0 aliphatic rings. The molecule has 0 spiro atoms. The minimum atomic E-state index is -0.578. The lowest BCUT2D eigenvalue weighted by Crippen LogP contribution is -2.13. The van der Waals surface area contributed by atoms with Gasteiger partial charge < -0.3 is 4.74 Å². The lowest BCUT2D eigenvalue weighted by Gasteiger charge is -2.11. The first kappa shape index (κ1) is 10.5. The lowest BCUT2D eigenvalue weighted by molar-refractivity contribution is 0.240. The summed E-state index contributed by atoms with van der Waals surface area (Å²) in [5.41, 5.74) is 0.911. The molecule has 1 unspecified atom stereocenters. The van der Waals surface area contributed by atoms with E-state index in [2.05, 4.69) is 0 Å². The fraction of sp³-hybridized carbons (Fsp3) is 0.364. The van der Waals surface area contributed by atoms with Crippen LogP contribution >= 0.6 is 0 Å². The summed E-state index contributed by atoms with van der Waals surface area (Å²) in [5, 5.41) is 8.65. The molecular weight excluding hydrogens is 181 g/mol. The SMILES string of the molecule is CCC(C#N)Oc1cc(C)ccc1F. The number of hydrogen-bond acceptors (Lipinski definition) is 2. The fourth-order valence-corrected chi connectivity index (χ4v) is 1.06. The molecule has 0 saturated heterocycles. The van der Waals surface area contributed by atoms with Gasteiger partial charge in [-0.3, -0.25) is 0 Å². The summed E-state index contributed by atoms with van der Waals surface area (Å²) in [5.74, 6) is -0.275. The van der Waals surface area contributed by atoms with Crippen molar-refractivity contribution >= 4 is 0 Å². The Hall–Kier alpha value is -1.56. The summed E-state index contributed by atoms with van der Waals surface area (Å²) >= 11 is 0. The number of nitrogens with zero attached hydrogens (tertiary/aromatic N) is 1. The maximum Gasteiger partial charge on any atom is 0.184 e. The number of aryl methyl sites for hydroxylation is 1. The molecule has 0 heterocycles. The van der Waals surface area contributed by atoms with Crippen LogP contribution in [0.3, 0.4) is 0 Å². The highest BCUT2D eigenvalue weighted by molar-refractivity contribution is 5.30. The summed E-state index contributed by atoms with van der Waals surface area (Å²) in [6, 6.07) is 6.55. The quantitative estimate of drug-likeness (QED) is 0.739. The normalized spacial score (nSPS) is 11.9. The minimum absolute atomic E-state index is 0.151. The number of hydrogen-bond donors (Lipinski definition) is 0. The van der Waals surface area contributed by atoms with Crippen molar-refractivity contribution in [1.82, 2.24) is 0 Å². The van der Waals surface area contributed by atoms with Crippen LogP contribution in [-0.2, 0) is 0 Å². The molecule has 0 bridgehead atoms. The molecule has 0 saturated carbocycles. The molecule has 14 heavy (non-hydrogen) atoms. The largest absolute Gasteiger partial charge is 0.473 e. The van der Waals surface area contributed by atoms with Crippen LogP contribution < -0.4 is 4.74 Å². The van der Waals surface area contributed by atoms with Crippen LogP contribution in [-0.4, -0.2) is 6.10 Å². The van der Waals surface area contributed by atoms with Gasteiger partial charge in [-0.2, -0.15) is 5.26 Å². The van der Waals surface area contributed by atoms with Crippen molar-refractivity contribution in [2.24, 2.45) is 0 Å². The summed E-state index contributed by atoms with van der Waals surface area (Å²) in [4.78, 5) is 0. The van der Waals surface area contributed by atoms with Crippen LogP contribution in [0.25, 0.3) is 0 Å². The van der Waals surface area contributed by atoms with Gasteiger partial charge in [-0.15, -0.1) is 0 Å². The molecule has 0 amide bonds. The van der Waals surface area contributed by atoms with Gasteiger partial charge in [0.1, 0.15) is 6.07 Å². The smallest absolute Gasteiger partial charge is 0.184 e. The first-order valence-corrected chi connectivity index (χ1v) is 4.49. The van der Waals surface area contributed by atoms with Crippen LogP contribution in [0.5, 0.6) is 5.75 Å². The van der Waals surface area contributed by atoms with Gasteiger partial charge in [-0.1, -0.05) is 13.0 Å². The van der Waals surface area contributed by atoms with E-state index in [1.165, 1.54) is 6.07 Å². The molecule has 0 aromatic heterocycles. The van der Waals surface area contributed by atoms with Crippen molar-refractivity contribution < 1.29 is 9.13 Å². The highest BCUT2D eigenvalue weighted by Gasteiger charge is 2.09. The Kier molecular flexibility index (Phi) is 3.47.